The van der Waals surface area contributed by atoms with Crippen LogP contribution in [-0.4, -0.2) is 23.1 Å². The highest BCUT2D eigenvalue weighted by atomic mass is 32.1. The fraction of sp³-hybridized carbons (Fsp3) is 0.250. The normalized spacial score (nSPS) is 10.2. The zero-order valence-electron chi connectivity index (χ0n) is 13.9. The maximum atomic E-state index is 11.9. The quantitative estimate of drug-likeness (QED) is 0.349. The molecule has 0 spiro atoms. The number of ether oxygens (including phenoxy) is 1. The summed E-state index contributed by atoms with van der Waals surface area (Å²) in [6.45, 7) is 3.80. The number of thiocarbonyl (C=S) groups is 1. The first kappa shape index (κ1) is 18.8. The molecule has 2 rings (SSSR count). The number of anilines is 2. The first-order chi connectivity index (χ1) is 11.8. The standard InChI is InChI=1S/C16H17N3O4S2/c1-4-11-8-12(15(20)23-3)14(25-11)18-16(24)17-13-7-10(19(21)22)6-5-9(13)2/h5-8H,4H2,1-3H3,(H2,17,18,24). The van der Waals surface area contributed by atoms with Gasteiger partial charge in [0.2, 0.25) is 0 Å². The van der Waals surface area contributed by atoms with Crippen molar-refractivity contribution in [2.75, 3.05) is 17.7 Å². The molecule has 2 aromatic rings. The van der Waals surface area contributed by atoms with Crippen molar-refractivity contribution < 1.29 is 14.5 Å². The minimum absolute atomic E-state index is 0.0319. The van der Waals surface area contributed by atoms with Gasteiger partial charge >= 0.3 is 5.97 Å². The van der Waals surface area contributed by atoms with Gasteiger partial charge in [-0.3, -0.25) is 10.1 Å². The van der Waals surface area contributed by atoms with Crippen LogP contribution < -0.4 is 10.6 Å². The van der Waals surface area contributed by atoms with E-state index in [1.165, 1.54) is 30.6 Å². The smallest absolute Gasteiger partial charge is 0.340 e. The summed E-state index contributed by atoms with van der Waals surface area (Å²) in [6.07, 6.45) is 0.778. The molecule has 25 heavy (non-hydrogen) atoms. The Morgan fingerprint density at radius 1 is 1.36 bits per heavy atom. The number of nitrogens with zero attached hydrogens (tertiary/aromatic N) is 1. The molecule has 2 N–H and O–H groups in total. The average Bonchev–Trinajstić information content (AvgIpc) is 2.98. The molecule has 0 aliphatic heterocycles. The third-order valence-corrected chi connectivity index (χ3v) is 4.84. The molecule has 132 valence electrons. The average molecular weight is 379 g/mol. The number of hydrogen-bond acceptors (Lipinski definition) is 6. The van der Waals surface area contributed by atoms with Crippen molar-refractivity contribution >= 4 is 51.0 Å². The zero-order valence-corrected chi connectivity index (χ0v) is 15.5. The fourth-order valence-corrected chi connectivity index (χ4v) is 3.35. The number of methoxy groups -OCH3 is 1. The lowest BCUT2D eigenvalue weighted by atomic mass is 10.2. The number of nitrogens with one attached hydrogen (secondary N) is 2. The number of rotatable bonds is 5. The van der Waals surface area contributed by atoms with Crippen LogP contribution in [0.2, 0.25) is 0 Å². The SMILES string of the molecule is CCc1cc(C(=O)OC)c(NC(=S)Nc2cc([N+](=O)[O-])ccc2C)s1. The number of benzene rings is 1. The van der Waals surface area contributed by atoms with E-state index in [1.807, 2.05) is 13.8 Å². The summed E-state index contributed by atoms with van der Waals surface area (Å²) in [7, 11) is 1.32. The zero-order chi connectivity index (χ0) is 18.6. The van der Waals surface area contributed by atoms with Gasteiger partial charge in [-0.25, -0.2) is 4.79 Å². The Kier molecular flexibility index (Phi) is 6.05. The van der Waals surface area contributed by atoms with Crippen LogP contribution in [0.4, 0.5) is 16.4 Å². The van der Waals surface area contributed by atoms with Gasteiger partial charge in [-0.05, 0) is 37.2 Å². The molecular weight excluding hydrogens is 362 g/mol. The number of thiophene rings is 1. The summed E-state index contributed by atoms with van der Waals surface area (Å²) in [5.74, 6) is -0.451. The van der Waals surface area contributed by atoms with E-state index < -0.39 is 10.9 Å². The molecule has 1 aromatic carbocycles. The molecule has 1 heterocycles. The van der Waals surface area contributed by atoms with Crippen LogP contribution in [0.3, 0.4) is 0 Å². The van der Waals surface area contributed by atoms with Crippen molar-refractivity contribution in [1.29, 1.82) is 0 Å². The fourth-order valence-electron chi connectivity index (χ4n) is 2.09. The van der Waals surface area contributed by atoms with Crippen LogP contribution in [0, 0.1) is 17.0 Å². The van der Waals surface area contributed by atoms with Crippen molar-refractivity contribution in [1.82, 2.24) is 0 Å². The van der Waals surface area contributed by atoms with Crippen LogP contribution in [0.1, 0.15) is 27.7 Å². The monoisotopic (exact) mass is 379 g/mol. The van der Waals surface area contributed by atoms with Gasteiger partial charge in [-0.15, -0.1) is 11.3 Å². The number of aryl methyl sites for hydroxylation is 2. The lowest BCUT2D eigenvalue weighted by Gasteiger charge is -2.12. The van der Waals surface area contributed by atoms with Crippen molar-refractivity contribution in [2.24, 2.45) is 0 Å². The van der Waals surface area contributed by atoms with E-state index in [4.69, 9.17) is 17.0 Å². The highest BCUT2D eigenvalue weighted by molar-refractivity contribution is 7.80. The summed E-state index contributed by atoms with van der Waals surface area (Å²) in [5, 5.41) is 17.6. The Morgan fingerprint density at radius 3 is 2.68 bits per heavy atom. The third kappa shape index (κ3) is 4.52. The molecular formula is C16H17N3O4S2. The number of carbonyl (C=O) groups excluding carboxylic acids is 1. The summed E-state index contributed by atoms with van der Waals surface area (Å²) in [5.41, 5.74) is 1.71. The minimum atomic E-state index is -0.469. The van der Waals surface area contributed by atoms with E-state index in [9.17, 15) is 14.9 Å². The topological polar surface area (TPSA) is 93.5 Å². The molecule has 0 radical (unpaired) electrons. The van der Waals surface area contributed by atoms with E-state index in [-0.39, 0.29) is 10.8 Å². The molecule has 0 saturated heterocycles. The van der Waals surface area contributed by atoms with E-state index >= 15 is 0 Å². The first-order valence-corrected chi connectivity index (χ1v) is 8.62. The van der Waals surface area contributed by atoms with Crippen molar-refractivity contribution in [3.8, 4) is 0 Å². The van der Waals surface area contributed by atoms with Gasteiger partial charge in [0, 0.05) is 22.7 Å². The van der Waals surface area contributed by atoms with Gasteiger partial charge in [0.05, 0.1) is 17.6 Å². The van der Waals surface area contributed by atoms with Gasteiger partial charge in [-0.2, -0.15) is 0 Å². The van der Waals surface area contributed by atoms with Crippen molar-refractivity contribution in [3.63, 3.8) is 0 Å². The molecule has 9 heteroatoms. The third-order valence-electron chi connectivity index (χ3n) is 3.44. The maximum absolute atomic E-state index is 11.9. The largest absolute Gasteiger partial charge is 0.465 e. The molecule has 0 atom stereocenters. The lowest BCUT2D eigenvalue weighted by molar-refractivity contribution is -0.384. The molecule has 0 amide bonds. The second kappa shape index (κ2) is 8.04. The van der Waals surface area contributed by atoms with Gasteiger partial charge < -0.3 is 15.4 Å². The molecule has 0 bridgehead atoms. The highest BCUT2D eigenvalue weighted by Gasteiger charge is 2.17. The Bertz CT molecular complexity index is 833. The molecule has 0 fully saturated rings. The molecule has 7 nitrogen and oxygen atoms in total. The summed E-state index contributed by atoms with van der Waals surface area (Å²) < 4.78 is 4.78. The lowest BCUT2D eigenvalue weighted by Crippen LogP contribution is -2.20. The molecule has 1 aromatic heterocycles. The summed E-state index contributed by atoms with van der Waals surface area (Å²) >= 11 is 6.68. The Hall–Kier alpha value is -2.52. The van der Waals surface area contributed by atoms with Gasteiger partial charge in [-0.1, -0.05) is 13.0 Å². The van der Waals surface area contributed by atoms with Gasteiger partial charge in [0.25, 0.3) is 5.69 Å². The molecule has 0 unspecified atom stereocenters. The predicted molar refractivity (Wildman–Crippen MR) is 103 cm³/mol. The second-order valence-corrected chi connectivity index (χ2v) is 6.68. The van der Waals surface area contributed by atoms with Crippen LogP contribution in [0.25, 0.3) is 0 Å². The number of nitro benzene ring substituents is 1. The van der Waals surface area contributed by atoms with E-state index in [0.29, 0.717) is 16.3 Å². The predicted octanol–water partition coefficient (Wildman–Crippen LogP) is 4.12. The Morgan fingerprint density at radius 2 is 2.08 bits per heavy atom. The number of hydrogen-bond donors (Lipinski definition) is 2. The summed E-state index contributed by atoms with van der Waals surface area (Å²) in [6, 6.07) is 6.25. The molecule has 0 saturated carbocycles. The van der Waals surface area contributed by atoms with Crippen LogP contribution in [-0.2, 0) is 11.2 Å². The van der Waals surface area contributed by atoms with E-state index in [1.54, 1.807) is 12.1 Å². The van der Waals surface area contributed by atoms with Crippen molar-refractivity contribution in [3.05, 3.63) is 50.4 Å². The molecule has 0 aliphatic carbocycles. The van der Waals surface area contributed by atoms with E-state index in [2.05, 4.69) is 10.6 Å². The number of non-ortho nitro benzene ring substituents is 1. The van der Waals surface area contributed by atoms with E-state index in [0.717, 1.165) is 16.9 Å². The highest BCUT2D eigenvalue weighted by Crippen LogP contribution is 2.30. The Labute approximate surface area is 154 Å². The van der Waals surface area contributed by atoms with Gasteiger partial charge in [0.1, 0.15) is 5.00 Å². The molecule has 0 aliphatic rings. The maximum Gasteiger partial charge on any atom is 0.340 e. The second-order valence-electron chi connectivity index (χ2n) is 5.14. The van der Waals surface area contributed by atoms with Gasteiger partial charge in [0.15, 0.2) is 5.11 Å². The van der Waals surface area contributed by atoms with Crippen LogP contribution >= 0.6 is 23.6 Å². The minimum Gasteiger partial charge on any atom is -0.465 e. The first-order valence-electron chi connectivity index (χ1n) is 7.39. The van der Waals surface area contributed by atoms with Crippen LogP contribution in [0.5, 0.6) is 0 Å². The summed E-state index contributed by atoms with van der Waals surface area (Å²) in [4.78, 5) is 23.3. The van der Waals surface area contributed by atoms with Crippen LogP contribution in [0.15, 0.2) is 24.3 Å². The number of nitro groups is 1. The Balaban J connectivity index is 2.21. The number of esters is 1. The number of carbonyl (C=O) groups is 1. The van der Waals surface area contributed by atoms with Crippen molar-refractivity contribution in [2.45, 2.75) is 20.3 Å².